The Morgan fingerprint density at radius 1 is 1.45 bits per heavy atom. The van der Waals surface area contributed by atoms with Crippen molar-refractivity contribution in [2.75, 3.05) is 33.8 Å². The van der Waals surface area contributed by atoms with Crippen molar-refractivity contribution in [3.63, 3.8) is 0 Å². The molecule has 0 saturated carbocycles. The summed E-state index contributed by atoms with van der Waals surface area (Å²) in [6.07, 6.45) is 3.57. The normalized spacial score (nSPS) is 31.5. The molecule has 1 spiro atoms. The van der Waals surface area contributed by atoms with Crippen molar-refractivity contribution in [1.82, 2.24) is 9.80 Å². The van der Waals surface area contributed by atoms with Crippen LogP contribution in [0.25, 0.3) is 0 Å². The molecule has 2 aliphatic heterocycles. The SMILES string of the molecule is Cc1ccc(CN2CC[C@]3(C[C@@H](N(C)C)CCO3)C2)s1. The molecule has 2 saturated heterocycles. The largest absolute Gasteiger partial charge is 0.373 e. The predicted molar refractivity (Wildman–Crippen MR) is 84.3 cm³/mol. The summed E-state index contributed by atoms with van der Waals surface area (Å²) in [5.41, 5.74) is 0.124. The van der Waals surface area contributed by atoms with Gasteiger partial charge in [-0.25, -0.2) is 0 Å². The van der Waals surface area contributed by atoms with Gasteiger partial charge in [0, 0.05) is 42.0 Å². The molecule has 0 aromatic carbocycles. The minimum atomic E-state index is 0.124. The van der Waals surface area contributed by atoms with E-state index in [0.29, 0.717) is 6.04 Å². The Kier molecular flexibility index (Phi) is 4.18. The molecule has 2 fully saturated rings. The lowest BCUT2D eigenvalue weighted by Gasteiger charge is -2.40. The Morgan fingerprint density at radius 3 is 3.00 bits per heavy atom. The second-order valence-electron chi connectivity index (χ2n) is 6.61. The molecule has 112 valence electrons. The number of thiophene rings is 1. The maximum absolute atomic E-state index is 6.22. The van der Waals surface area contributed by atoms with Gasteiger partial charge in [-0.1, -0.05) is 0 Å². The number of likely N-dealkylation sites (tertiary alicyclic amines) is 1. The minimum absolute atomic E-state index is 0.124. The van der Waals surface area contributed by atoms with Crippen LogP contribution in [0.2, 0.25) is 0 Å². The van der Waals surface area contributed by atoms with E-state index in [1.807, 2.05) is 11.3 Å². The van der Waals surface area contributed by atoms with E-state index in [1.165, 1.54) is 35.6 Å². The van der Waals surface area contributed by atoms with Gasteiger partial charge in [-0.2, -0.15) is 0 Å². The van der Waals surface area contributed by atoms with Crippen LogP contribution in [-0.2, 0) is 11.3 Å². The van der Waals surface area contributed by atoms with Crippen molar-refractivity contribution in [1.29, 1.82) is 0 Å². The molecular weight excluding hydrogens is 268 g/mol. The van der Waals surface area contributed by atoms with E-state index >= 15 is 0 Å². The molecule has 1 aromatic heterocycles. The van der Waals surface area contributed by atoms with Gasteiger partial charge < -0.3 is 9.64 Å². The molecule has 4 heteroatoms. The van der Waals surface area contributed by atoms with E-state index in [9.17, 15) is 0 Å². The fourth-order valence-corrected chi connectivity index (χ4v) is 4.51. The molecule has 2 aliphatic rings. The highest BCUT2D eigenvalue weighted by Gasteiger charge is 2.43. The zero-order valence-corrected chi connectivity index (χ0v) is 13.7. The highest BCUT2D eigenvalue weighted by Crippen LogP contribution is 2.36. The molecule has 0 bridgehead atoms. The van der Waals surface area contributed by atoms with Crippen molar-refractivity contribution in [3.8, 4) is 0 Å². The maximum Gasteiger partial charge on any atom is 0.0835 e. The van der Waals surface area contributed by atoms with E-state index < -0.39 is 0 Å². The molecule has 2 atom stereocenters. The highest BCUT2D eigenvalue weighted by molar-refractivity contribution is 7.11. The maximum atomic E-state index is 6.22. The summed E-state index contributed by atoms with van der Waals surface area (Å²) in [6, 6.07) is 5.19. The average molecular weight is 294 g/mol. The van der Waals surface area contributed by atoms with Gasteiger partial charge in [0.2, 0.25) is 0 Å². The number of nitrogens with zero attached hydrogens (tertiary/aromatic N) is 2. The van der Waals surface area contributed by atoms with E-state index in [4.69, 9.17) is 4.74 Å². The molecule has 0 amide bonds. The fraction of sp³-hybridized carbons (Fsp3) is 0.750. The van der Waals surface area contributed by atoms with Gasteiger partial charge in [0.05, 0.1) is 5.60 Å². The van der Waals surface area contributed by atoms with Crippen LogP contribution < -0.4 is 0 Å². The van der Waals surface area contributed by atoms with Gasteiger partial charge in [-0.3, -0.25) is 4.90 Å². The van der Waals surface area contributed by atoms with Crippen LogP contribution in [0.5, 0.6) is 0 Å². The summed E-state index contributed by atoms with van der Waals surface area (Å²) in [6.45, 7) is 6.49. The molecule has 0 aliphatic carbocycles. The molecule has 1 aromatic rings. The van der Waals surface area contributed by atoms with Gasteiger partial charge in [0.1, 0.15) is 0 Å². The first-order valence-electron chi connectivity index (χ1n) is 7.64. The number of rotatable bonds is 3. The van der Waals surface area contributed by atoms with Crippen LogP contribution in [0.15, 0.2) is 12.1 Å². The van der Waals surface area contributed by atoms with Crippen molar-refractivity contribution in [2.45, 2.75) is 44.4 Å². The van der Waals surface area contributed by atoms with Crippen LogP contribution in [-0.4, -0.2) is 55.2 Å². The highest BCUT2D eigenvalue weighted by atomic mass is 32.1. The molecule has 3 nitrogen and oxygen atoms in total. The summed E-state index contributed by atoms with van der Waals surface area (Å²) in [5, 5.41) is 0. The lowest BCUT2D eigenvalue weighted by molar-refractivity contribution is -0.0931. The van der Waals surface area contributed by atoms with Crippen molar-refractivity contribution >= 4 is 11.3 Å². The van der Waals surface area contributed by atoms with Gasteiger partial charge in [-0.05, 0) is 52.4 Å². The Labute approximate surface area is 126 Å². The van der Waals surface area contributed by atoms with Gasteiger partial charge >= 0.3 is 0 Å². The smallest absolute Gasteiger partial charge is 0.0835 e. The first kappa shape index (κ1) is 14.5. The molecular formula is C16H26N2OS. The Balaban J connectivity index is 1.60. The second-order valence-corrected chi connectivity index (χ2v) is 7.99. The van der Waals surface area contributed by atoms with E-state index in [1.54, 1.807) is 0 Å². The number of aryl methyl sites for hydroxylation is 1. The Bertz CT molecular complexity index is 459. The van der Waals surface area contributed by atoms with Crippen LogP contribution in [0.3, 0.4) is 0 Å². The number of hydrogen-bond acceptors (Lipinski definition) is 4. The van der Waals surface area contributed by atoms with Gasteiger partial charge in [-0.15, -0.1) is 11.3 Å². The third kappa shape index (κ3) is 3.08. The third-order valence-electron chi connectivity index (χ3n) is 4.77. The summed E-state index contributed by atoms with van der Waals surface area (Å²) in [4.78, 5) is 7.84. The van der Waals surface area contributed by atoms with Crippen LogP contribution in [0.1, 0.15) is 29.0 Å². The molecule has 0 N–H and O–H groups in total. The summed E-state index contributed by atoms with van der Waals surface area (Å²) >= 11 is 1.92. The van der Waals surface area contributed by atoms with Crippen molar-refractivity contribution in [3.05, 3.63) is 21.9 Å². The van der Waals surface area contributed by atoms with E-state index in [0.717, 1.165) is 19.7 Å². The molecule has 20 heavy (non-hydrogen) atoms. The Morgan fingerprint density at radius 2 is 2.30 bits per heavy atom. The molecule has 0 radical (unpaired) electrons. The Hall–Kier alpha value is -0.420. The summed E-state index contributed by atoms with van der Waals surface area (Å²) < 4.78 is 6.22. The fourth-order valence-electron chi connectivity index (χ4n) is 3.58. The average Bonchev–Trinajstić information content (AvgIpc) is 2.98. The van der Waals surface area contributed by atoms with Crippen molar-refractivity contribution < 1.29 is 4.74 Å². The first-order chi connectivity index (χ1) is 9.56. The third-order valence-corrected chi connectivity index (χ3v) is 5.75. The van der Waals surface area contributed by atoms with Crippen LogP contribution >= 0.6 is 11.3 Å². The molecule has 3 rings (SSSR count). The standard InChI is InChI=1S/C16H26N2OS/c1-13-4-5-15(20-13)11-18-8-7-16(12-18)10-14(17(2)3)6-9-19-16/h4-5,14H,6-12H2,1-3H3/t14-,16-/m0/s1. The lowest BCUT2D eigenvalue weighted by atomic mass is 9.89. The number of ether oxygens (including phenoxy) is 1. The van der Waals surface area contributed by atoms with Gasteiger partial charge in [0.15, 0.2) is 0 Å². The number of hydrogen-bond donors (Lipinski definition) is 0. The second kappa shape index (κ2) is 5.76. The zero-order valence-electron chi connectivity index (χ0n) is 12.9. The topological polar surface area (TPSA) is 15.7 Å². The monoisotopic (exact) mass is 294 g/mol. The van der Waals surface area contributed by atoms with Gasteiger partial charge in [0.25, 0.3) is 0 Å². The lowest BCUT2D eigenvalue weighted by Crippen LogP contribution is -2.48. The molecule has 3 heterocycles. The van der Waals surface area contributed by atoms with Crippen LogP contribution in [0.4, 0.5) is 0 Å². The van der Waals surface area contributed by atoms with E-state index in [2.05, 4.69) is 43.0 Å². The zero-order chi connectivity index (χ0) is 14.2. The summed E-state index contributed by atoms with van der Waals surface area (Å²) in [5.74, 6) is 0. The minimum Gasteiger partial charge on any atom is -0.373 e. The van der Waals surface area contributed by atoms with E-state index in [-0.39, 0.29) is 5.60 Å². The first-order valence-corrected chi connectivity index (χ1v) is 8.46. The predicted octanol–water partition coefficient (Wildman–Crippen LogP) is 2.74. The quantitative estimate of drug-likeness (QED) is 0.852. The summed E-state index contributed by atoms with van der Waals surface area (Å²) in [7, 11) is 4.40. The van der Waals surface area contributed by atoms with Crippen LogP contribution in [0, 0.1) is 6.92 Å². The molecule has 0 unspecified atom stereocenters. The van der Waals surface area contributed by atoms with Crippen molar-refractivity contribution in [2.24, 2.45) is 0 Å².